The summed E-state index contributed by atoms with van der Waals surface area (Å²) in [6.45, 7) is -0.723. The molecule has 254 valence electrons. The summed E-state index contributed by atoms with van der Waals surface area (Å²) in [5.74, 6) is -4.92. The zero-order valence-electron chi connectivity index (χ0n) is 25.4. The Morgan fingerprint density at radius 2 is 1.79 bits per heavy atom. The lowest BCUT2D eigenvalue weighted by atomic mass is 10.0. The van der Waals surface area contributed by atoms with Gasteiger partial charge < -0.3 is 53.3 Å². The number of hydrogen-bond donors (Lipinski definition) is 8. The number of benzene rings is 1. The second kappa shape index (κ2) is 17.7. The third kappa shape index (κ3) is 11.1. The standard InChI is InChI=1S/C29H39N9O8S/c30-18-8-9-23-38(28(18)46)21(15-47-23)27(45)37-19(7-4-10-33-29(31)32)25(43)34-13-22(40)36-20(12-24(41)42)26(44)35-17(14-39)11-16-5-2-1-3-6-16/h1-7,14,17-21,23H,8-13,15,30H2,(H,34,43)(H,35,44)(H,36,40)(H,37,45)(H,41,42)(H4,31,32,33)/t17-,18+,19-,20-,21-,23-/m0/s1. The molecule has 2 fully saturated rings. The Morgan fingerprint density at radius 3 is 2.45 bits per heavy atom. The summed E-state index contributed by atoms with van der Waals surface area (Å²) in [6, 6.07) is 3.31. The van der Waals surface area contributed by atoms with Crippen LogP contribution >= 0.6 is 11.8 Å². The molecule has 6 atom stereocenters. The molecule has 0 radical (unpaired) electrons. The van der Waals surface area contributed by atoms with Crippen LogP contribution in [0.15, 0.2) is 47.5 Å². The molecule has 3 rings (SSSR count). The second-order valence-electron chi connectivity index (χ2n) is 10.8. The summed E-state index contributed by atoms with van der Waals surface area (Å²) in [4.78, 5) is 92.9. The quantitative estimate of drug-likeness (QED) is 0.0371. The number of piperidine rings is 1. The van der Waals surface area contributed by atoms with E-state index in [1.165, 1.54) is 28.8 Å². The number of carbonyl (C=O) groups is 7. The minimum atomic E-state index is -1.56. The maximum absolute atomic E-state index is 13.3. The average molecular weight is 674 g/mol. The first-order valence-electron chi connectivity index (χ1n) is 14.7. The van der Waals surface area contributed by atoms with Crippen molar-refractivity contribution in [2.75, 3.05) is 18.8 Å². The highest BCUT2D eigenvalue weighted by atomic mass is 32.2. The molecule has 0 aromatic heterocycles. The highest BCUT2D eigenvalue weighted by Gasteiger charge is 2.46. The van der Waals surface area contributed by atoms with Crippen LogP contribution < -0.4 is 38.5 Å². The van der Waals surface area contributed by atoms with E-state index in [4.69, 9.17) is 17.2 Å². The number of thioether (sulfide) groups is 1. The Kier molecular flexibility index (Phi) is 13.7. The summed E-state index contributed by atoms with van der Waals surface area (Å²) in [5.41, 5.74) is 17.3. The first-order valence-corrected chi connectivity index (χ1v) is 15.7. The van der Waals surface area contributed by atoms with E-state index in [9.17, 15) is 38.7 Å². The van der Waals surface area contributed by atoms with Gasteiger partial charge in [0, 0.05) is 5.75 Å². The van der Waals surface area contributed by atoms with Gasteiger partial charge in [-0.1, -0.05) is 42.5 Å². The summed E-state index contributed by atoms with van der Waals surface area (Å²) < 4.78 is 0. The van der Waals surface area contributed by atoms with Crippen LogP contribution in [-0.4, -0.2) is 112 Å². The number of carboxylic acids is 1. The van der Waals surface area contributed by atoms with Crippen molar-refractivity contribution >= 4 is 59.5 Å². The lowest BCUT2D eigenvalue weighted by Crippen LogP contribution is -2.59. The number of nitrogens with two attached hydrogens (primary N) is 3. The number of hydrogen-bond acceptors (Lipinski definition) is 10. The fraction of sp³-hybridized carbons (Fsp3) is 0.448. The highest BCUT2D eigenvalue weighted by Crippen LogP contribution is 2.36. The van der Waals surface area contributed by atoms with Crippen LogP contribution in [0, 0.1) is 0 Å². The van der Waals surface area contributed by atoms with Gasteiger partial charge in [-0.3, -0.25) is 28.8 Å². The van der Waals surface area contributed by atoms with E-state index in [1.807, 2.05) is 0 Å². The molecule has 2 aliphatic heterocycles. The van der Waals surface area contributed by atoms with Gasteiger partial charge in [-0.25, -0.2) is 4.99 Å². The van der Waals surface area contributed by atoms with Crippen LogP contribution in [-0.2, 0) is 40.0 Å². The lowest BCUT2D eigenvalue weighted by Gasteiger charge is -2.35. The van der Waals surface area contributed by atoms with E-state index in [1.54, 1.807) is 30.3 Å². The molecule has 2 saturated heterocycles. The van der Waals surface area contributed by atoms with Crippen molar-refractivity contribution in [3.05, 3.63) is 48.0 Å². The Hall–Kier alpha value is -4.97. The molecule has 2 aliphatic rings. The highest BCUT2D eigenvalue weighted by molar-refractivity contribution is 8.00. The number of fused-ring (bicyclic) bond motifs is 1. The fourth-order valence-electron chi connectivity index (χ4n) is 4.92. The van der Waals surface area contributed by atoms with E-state index in [-0.39, 0.29) is 30.2 Å². The Bertz CT molecular complexity index is 1390. The zero-order valence-corrected chi connectivity index (χ0v) is 26.2. The number of carbonyl (C=O) groups excluding carboxylic acids is 6. The summed E-state index contributed by atoms with van der Waals surface area (Å²) in [5, 5.41) is 18.7. The minimum absolute atomic E-state index is 0.0265. The number of nitrogens with one attached hydrogen (secondary N) is 4. The lowest BCUT2D eigenvalue weighted by molar-refractivity contribution is -0.143. The molecule has 17 nitrogen and oxygen atoms in total. The van der Waals surface area contributed by atoms with Gasteiger partial charge in [0.25, 0.3) is 0 Å². The number of aliphatic carboxylic acids is 1. The number of nitrogens with zero attached hydrogens (tertiary/aromatic N) is 2. The number of carboxylic acid groups (broad SMARTS) is 1. The Labute approximate surface area is 274 Å². The number of aliphatic imine (C=N–C) groups is 1. The monoisotopic (exact) mass is 673 g/mol. The van der Waals surface area contributed by atoms with Gasteiger partial charge in [0.05, 0.1) is 37.0 Å². The fourth-order valence-corrected chi connectivity index (χ4v) is 6.35. The van der Waals surface area contributed by atoms with E-state index >= 15 is 0 Å². The molecule has 5 amide bonds. The van der Waals surface area contributed by atoms with Gasteiger partial charge in [-0.15, -0.1) is 11.8 Å². The minimum Gasteiger partial charge on any atom is -0.481 e. The van der Waals surface area contributed by atoms with Gasteiger partial charge >= 0.3 is 5.97 Å². The van der Waals surface area contributed by atoms with Crippen molar-refractivity contribution < 1.29 is 38.7 Å². The van der Waals surface area contributed by atoms with E-state index in [0.29, 0.717) is 24.9 Å². The molecule has 0 unspecified atom stereocenters. The molecule has 47 heavy (non-hydrogen) atoms. The van der Waals surface area contributed by atoms with Crippen molar-refractivity contribution in [2.24, 2.45) is 22.2 Å². The van der Waals surface area contributed by atoms with E-state index in [2.05, 4.69) is 26.3 Å². The van der Waals surface area contributed by atoms with Gasteiger partial charge in [0.1, 0.15) is 24.4 Å². The first-order chi connectivity index (χ1) is 22.4. The number of rotatable bonds is 16. The smallest absolute Gasteiger partial charge is 0.305 e. The van der Waals surface area contributed by atoms with Gasteiger partial charge in [-0.2, -0.15) is 0 Å². The number of guanidine groups is 1. The molecule has 0 saturated carbocycles. The third-order valence-electron chi connectivity index (χ3n) is 7.22. The SMILES string of the molecule is NC(N)=NCC=C[C@H](NC(=O)[C@@H]1CS[C@H]2CC[C@@H](N)C(=O)N21)C(=O)NCC(=O)N[C@@H](CC(=O)O)C(=O)N[C@H](C=O)Cc1ccccc1. The van der Waals surface area contributed by atoms with Crippen molar-refractivity contribution in [3.8, 4) is 0 Å². The van der Waals surface area contributed by atoms with Crippen molar-refractivity contribution in [3.63, 3.8) is 0 Å². The topological polar surface area (TPSA) is 281 Å². The third-order valence-corrected chi connectivity index (χ3v) is 8.58. The van der Waals surface area contributed by atoms with Crippen LogP contribution in [0.2, 0.25) is 0 Å². The average Bonchev–Trinajstić information content (AvgIpc) is 3.47. The van der Waals surface area contributed by atoms with Gasteiger partial charge in [0.15, 0.2) is 5.96 Å². The van der Waals surface area contributed by atoms with Crippen LogP contribution in [0.25, 0.3) is 0 Å². The van der Waals surface area contributed by atoms with Crippen molar-refractivity contribution in [1.82, 2.24) is 26.2 Å². The maximum Gasteiger partial charge on any atom is 0.305 e. The maximum atomic E-state index is 13.3. The van der Waals surface area contributed by atoms with E-state index < -0.39 is 72.8 Å². The predicted octanol–water partition coefficient (Wildman–Crippen LogP) is -3.31. The largest absolute Gasteiger partial charge is 0.481 e. The normalized spacial score (nSPS) is 20.7. The van der Waals surface area contributed by atoms with Crippen LogP contribution in [0.5, 0.6) is 0 Å². The molecule has 18 heteroatoms. The van der Waals surface area contributed by atoms with Gasteiger partial charge in [0.2, 0.25) is 29.5 Å². The van der Waals surface area contributed by atoms with Crippen molar-refractivity contribution in [1.29, 1.82) is 0 Å². The Morgan fingerprint density at radius 1 is 1.06 bits per heavy atom. The number of aldehydes is 1. The zero-order chi connectivity index (χ0) is 34.5. The second-order valence-corrected chi connectivity index (χ2v) is 12.0. The molecule has 0 bridgehead atoms. The van der Waals surface area contributed by atoms with Crippen LogP contribution in [0.1, 0.15) is 24.8 Å². The predicted molar refractivity (Wildman–Crippen MR) is 171 cm³/mol. The van der Waals surface area contributed by atoms with E-state index in [0.717, 1.165) is 5.56 Å². The number of amides is 5. The molecule has 0 spiro atoms. The molecule has 11 N–H and O–H groups in total. The molecule has 2 heterocycles. The molecular weight excluding hydrogens is 634 g/mol. The molecule has 1 aromatic carbocycles. The molecular formula is C29H39N9O8S. The molecule has 0 aliphatic carbocycles. The Balaban J connectivity index is 1.63. The summed E-state index contributed by atoms with van der Waals surface area (Å²) in [7, 11) is 0. The van der Waals surface area contributed by atoms with Crippen LogP contribution in [0.3, 0.4) is 0 Å². The van der Waals surface area contributed by atoms with Gasteiger partial charge in [-0.05, 0) is 24.8 Å². The van der Waals surface area contributed by atoms with Crippen LogP contribution in [0.4, 0.5) is 0 Å². The summed E-state index contributed by atoms with van der Waals surface area (Å²) >= 11 is 1.44. The van der Waals surface area contributed by atoms with Crippen molar-refractivity contribution in [2.45, 2.75) is 61.3 Å². The summed E-state index contributed by atoms with van der Waals surface area (Å²) in [6.07, 6.45) is 3.68. The molecule has 1 aromatic rings. The first kappa shape index (κ1) is 36.5.